The van der Waals surface area contributed by atoms with Crippen LogP contribution < -0.4 is 10.0 Å². The lowest BCUT2D eigenvalue weighted by molar-refractivity contribution is 0.0914. The van der Waals surface area contributed by atoms with E-state index in [2.05, 4.69) is 20.2 Å². The third kappa shape index (κ3) is 4.57. The van der Waals surface area contributed by atoms with Gasteiger partial charge in [0.1, 0.15) is 10.3 Å². The topological polar surface area (TPSA) is 114 Å². The number of hydrogen-bond donors (Lipinski definition) is 2. The van der Waals surface area contributed by atoms with Crippen LogP contribution in [0.1, 0.15) is 42.0 Å². The van der Waals surface area contributed by atoms with Crippen molar-refractivity contribution in [2.45, 2.75) is 31.0 Å². The van der Waals surface area contributed by atoms with Crippen molar-refractivity contribution in [1.29, 1.82) is 0 Å². The summed E-state index contributed by atoms with van der Waals surface area (Å²) in [4.78, 5) is 16.8. The number of benzene rings is 1. The molecule has 28 heavy (non-hydrogen) atoms. The monoisotopic (exact) mass is 420 g/mol. The number of sulfonamides is 1. The maximum Gasteiger partial charge on any atom is 0.271 e. The highest BCUT2D eigenvalue weighted by atomic mass is 32.2. The first-order chi connectivity index (χ1) is 13.3. The molecule has 0 aliphatic heterocycles. The van der Waals surface area contributed by atoms with Gasteiger partial charge in [0, 0.05) is 11.3 Å². The molecule has 0 spiro atoms. The first-order valence-electron chi connectivity index (χ1n) is 8.54. The molecule has 8 nitrogen and oxygen atoms in total. The Labute approximate surface area is 167 Å². The fourth-order valence-electron chi connectivity index (χ4n) is 2.49. The van der Waals surface area contributed by atoms with Crippen LogP contribution in [0.15, 0.2) is 50.5 Å². The lowest BCUT2D eigenvalue weighted by Gasteiger charge is -2.18. The summed E-state index contributed by atoms with van der Waals surface area (Å²) in [7, 11) is -3.63. The van der Waals surface area contributed by atoms with Gasteiger partial charge < -0.3 is 9.84 Å². The highest BCUT2D eigenvalue weighted by Crippen LogP contribution is 2.22. The van der Waals surface area contributed by atoms with Crippen molar-refractivity contribution >= 4 is 33.0 Å². The van der Waals surface area contributed by atoms with Crippen molar-refractivity contribution in [2.24, 2.45) is 5.92 Å². The highest BCUT2D eigenvalue weighted by Gasteiger charge is 2.24. The van der Waals surface area contributed by atoms with Crippen LogP contribution in [0.4, 0.5) is 5.69 Å². The predicted molar refractivity (Wildman–Crippen MR) is 106 cm³/mol. The summed E-state index contributed by atoms with van der Waals surface area (Å²) in [5.41, 5.74) is 0.763. The van der Waals surface area contributed by atoms with Gasteiger partial charge in [-0.1, -0.05) is 25.1 Å². The molecule has 0 saturated heterocycles. The van der Waals surface area contributed by atoms with Crippen LogP contribution in [0.5, 0.6) is 0 Å². The van der Waals surface area contributed by atoms with Crippen LogP contribution in [-0.4, -0.2) is 24.5 Å². The van der Waals surface area contributed by atoms with Crippen LogP contribution >= 0.6 is 11.3 Å². The number of nitrogens with zero attached hydrogens (tertiary/aromatic N) is 2. The molecular weight excluding hydrogens is 400 g/mol. The molecule has 148 valence electrons. The Hall–Kier alpha value is -2.72. The molecule has 1 aromatic carbocycles. The molecule has 3 rings (SSSR count). The Morgan fingerprint density at radius 3 is 2.43 bits per heavy atom. The zero-order valence-corrected chi connectivity index (χ0v) is 17.2. The maximum absolute atomic E-state index is 12.6. The second kappa shape index (κ2) is 8.11. The van der Waals surface area contributed by atoms with Gasteiger partial charge in [-0.05, 0) is 48.6 Å². The zero-order valence-electron chi connectivity index (χ0n) is 15.5. The number of rotatable bonds is 7. The number of hydrogen-bond acceptors (Lipinski definition) is 7. The van der Waals surface area contributed by atoms with E-state index in [1.165, 1.54) is 6.07 Å². The van der Waals surface area contributed by atoms with Gasteiger partial charge in [0.2, 0.25) is 5.89 Å². The average Bonchev–Trinajstić information content (AvgIpc) is 3.31. The maximum atomic E-state index is 12.6. The molecule has 3 aromatic rings. The molecule has 0 radical (unpaired) electrons. The molecule has 0 fully saturated rings. The lowest BCUT2D eigenvalue weighted by atomic mass is 10.0. The van der Waals surface area contributed by atoms with Crippen LogP contribution in [0.2, 0.25) is 0 Å². The Balaban J connectivity index is 1.71. The highest BCUT2D eigenvalue weighted by molar-refractivity contribution is 7.94. The Morgan fingerprint density at radius 2 is 1.89 bits per heavy atom. The van der Waals surface area contributed by atoms with Gasteiger partial charge in [-0.3, -0.25) is 9.52 Å². The predicted octanol–water partition coefficient (Wildman–Crippen LogP) is 3.37. The van der Waals surface area contributed by atoms with Crippen molar-refractivity contribution < 1.29 is 17.7 Å². The van der Waals surface area contributed by atoms with E-state index in [-0.39, 0.29) is 16.0 Å². The molecule has 10 heteroatoms. The summed E-state index contributed by atoms with van der Waals surface area (Å²) >= 11 is 1.13. The van der Waals surface area contributed by atoms with Crippen LogP contribution in [0.25, 0.3) is 0 Å². The van der Waals surface area contributed by atoms with Gasteiger partial charge in [0.05, 0.1) is 0 Å². The molecule has 0 aliphatic carbocycles. The molecule has 0 bridgehead atoms. The van der Waals surface area contributed by atoms with E-state index in [4.69, 9.17) is 4.52 Å². The average molecular weight is 421 g/mol. The SMILES string of the molecule is Cc1noc(C(NC(=O)c2ccc(NS(=O)(=O)c3cccs3)cc2)C(C)C)n1. The van der Waals surface area contributed by atoms with E-state index >= 15 is 0 Å². The molecule has 0 aliphatic rings. The number of nitrogens with one attached hydrogen (secondary N) is 2. The molecule has 2 aromatic heterocycles. The number of aryl methyl sites for hydroxylation is 1. The van der Waals surface area contributed by atoms with Gasteiger partial charge >= 0.3 is 0 Å². The summed E-state index contributed by atoms with van der Waals surface area (Å²) < 4.78 is 32.4. The standard InChI is InChI=1S/C18H20N4O4S2/c1-11(2)16(18-19-12(3)21-26-18)20-17(23)13-6-8-14(9-7-13)22-28(24,25)15-5-4-10-27-15/h4-11,16,22H,1-3H3,(H,20,23). The third-order valence-electron chi connectivity index (χ3n) is 3.92. The second-order valence-corrected chi connectivity index (χ2v) is 9.35. The fourth-order valence-corrected chi connectivity index (χ4v) is 4.54. The van der Waals surface area contributed by atoms with E-state index < -0.39 is 16.1 Å². The van der Waals surface area contributed by atoms with Crippen LogP contribution in [0.3, 0.4) is 0 Å². The summed E-state index contributed by atoms with van der Waals surface area (Å²) in [6.07, 6.45) is 0. The molecule has 1 unspecified atom stereocenters. The minimum atomic E-state index is -3.63. The summed E-state index contributed by atoms with van der Waals surface area (Å²) in [6.45, 7) is 5.59. The van der Waals surface area contributed by atoms with Crippen molar-refractivity contribution in [3.05, 3.63) is 59.1 Å². The Kier molecular flexibility index (Phi) is 5.80. The van der Waals surface area contributed by atoms with Gasteiger partial charge in [0.25, 0.3) is 15.9 Å². The van der Waals surface area contributed by atoms with Crippen LogP contribution in [-0.2, 0) is 10.0 Å². The summed E-state index contributed by atoms with van der Waals surface area (Å²) in [5, 5.41) is 8.34. The second-order valence-electron chi connectivity index (χ2n) is 6.49. The molecule has 1 amide bonds. The van der Waals surface area contributed by atoms with E-state index in [1.54, 1.807) is 42.6 Å². The smallest absolute Gasteiger partial charge is 0.271 e. The first-order valence-corrected chi connectivity index (χ1v) is 10.9. The van der Waals surface area contributed by atoms with Crippen LogP contribution in [0, 0.1) is 12.8 Å². The zero-order chi connectivity index (χ0) is 20.3. The Morgan fingerprint density at radius 1 is 1.18 bits per heavy atom. The number of aromatic nitrogens is 2. The van der Waals surface area contributed by atoms with Gasteiger partial charge in [-0.15, -0.1) is 11.3 Å². The first kappa shape index (κ1) is 20.0. The van der Waals surface area contributed by atoms with Gasteiger partial charge in [-0.2, -0.15) is 4.98 Å². The van der Waals surface area contributed by atoms with E-state index in [0.29, 0.717) is 23.0 Å². The fraction of sp³-hybridized carbons (Fsp3) is 0.278. The summed E-state index contributed by atoms with van der Waals surface area (Å²) in [5.74, 6) is 0.571. The molecular formula is C18H20N4O4S2. The number of anilines is 1. The number of thiophene rings is 1. The van der Waals surface area contributed by atoms with E-state index in [0.717, 1.165) is 11.3 Å². The van der Waals surface area contributed by atoms with Crippen molar-refractivity contribution in [3.8, 4) is 0 Å². The normalized spacial score (nSPS) is 12.7. The molecule has 0 saturated carbocycles. The molecule has 1 atom stereocenters. The minimum absolute atomic E-state index is 0.0423. The lowest BCUT2D eigenvalue weighted by Crippen LogP contribution is -2.32. The van der Waals surface area contributed by atoms with Gasteiger partial charge in [-0.25, -0.2) is 8.42 Å². The number of carbonyl (C=O) groups excluding carboxylic acids is 1. The number of amides is 1. The Bertz CT molecular complexity index is 1040. The number of carbonyl (C=O) groups is 1. The largest absolute Gasteiger partial charge is 0.340 e. The van der Waals surface area contributed by atoms with Crippen molar-refractivity contribution in [2.75, 3.05) is 4.72 Å². The van der Waals surface area contributed by atoms with Crippen molar-refractivity contribution in [1.82, 2.24) is 15.5 Å². The van der Waals surface area contributed by atoms with E-state index in [9.17, 15) is 13.2 Å². The van der Waals surface area contributed by atoms with E-state index in [1.807, 2.05) is 13.8 Å². The molecule has 2 heterocycles. The quantitative estimate of drug-likeness (QED) is 0.606. The summed E-state index contributed by atoms with van der Waals surface area (Å²) in [6, 6.07) is 8.97. The minimum Gasteiger partial charge on any atom is -0.340 e. The third-order valence-corrected chi connectivity index (χ3v) is 6.70. The van der Waals surface area contributed by atoms with Gasteiger partial charge in [0.15, 0.2) is 5.82 Å². The molecule has 2 N–H and O–H groups in total. The van der Waals surface area contributed by atoms with Crippen molar-refractivity contribution in [3.63, 3.8) is 0 Å².